The molecule has 1 unspecified atom stereocenters. The minimum absolute atomic E-state index is 0. The fourth-order valence-electron chi connectivity index (χ4n) is 1.66. The van der Waals surface area contributed by atoms with Crippen LogP contribution in [0.4, 0.5) is 0 Å². The van der Waals surface area contributed by atoms with Crippen LogP contribution in [0.2, 0.25) is 0 Å². The number of nitrogens with one attached hydrogen (secondary N) is 2. The molecule has 2 N–H and O–H groups in total. The van der Waals surface area contributed by atoms with E-state index in [2.05, 4.69) is 15.6 Å². The number of ether oxygens (including phenoxy) is 1. The minimum Gasteiger partial charge on any atom is -0.383 e. The number of rotatable bonds is 7. The molecular formula is C13H25IN4O3S2. The molecule has 0 saturated heterocycles. The summed E-state index contributed by atoms with van der Waals surface area (Å²) >= 11 is 1.25. The molecule has 0 aliphatic rings. The Morgan fingerprint density at radius 2 is 2.09 bits per heavy atom. The summed E-state index contributed by atoms with van der Waals surface area (Å²) < 4.78 is 30.7. The third-order valence-electron chi connectivity index (χ3n) is 2.83. The number of hydrogen-bond acceptors (Lipinski definition) is 5. The molecule has 10 heteroatoms. The van der Waals surface area contributed by atoms with Crippen LogP contribution in [0.1, 0.15) is 11.8 Å². The quantitative estimate of drug-likeness (QED) is 0.353. The van der Waals surface area contributed by atoms with Crippen molar-refractivity contribution < 1.29 is 13.2 Å². The van der Waals surface area contributed by atoms with Crippen molar-refractivity contribution >= 4 is 51.3 Å². The Labute approximate surface area is 159 Å². The van der Waals surface area contributed by atoms with Gasteiger partial charge in [0.25, 0.3) is 10.0 Å². The van der Waals surface area contributed by atoms with Crippen molar-refractivity contribution in [3.8, 4) is 0 Å². The number of sulfonamides is 1. The zero-order valence-corrected chi connectivity index (χ0v) is 18.0. The lowest BCUT2D eigenvalue weighted by molar-refractivity contribution is 0.179. The molecule has 0 saturated carbocycles. The van der Waals surface area contributed by atoms with Crippen molar-refractivity contribution in [2.24, 2.45) is 4.99 Å². The van der Waals surface area contributed by atoms with E-state index in [1.807, 2.05) is 6.92 Å². The van der Waals surface area contributed by atoms with Gasteiger partial charge in [-0.25, -0.2) is 12.7 Å². The predicted molar refractivity (Wildman–Crippen MR) is 105 cm³/mol. The lowest BCUT2D eigenvalue weighted by Gasteiger charge is -2.16. The summed E-state index contributed by atoms with van der Waals surface area (Å²) in [5.41, 5.74) is 0. The molecule has 0 amide bonds. The van der Waals surface area contributed by atoms with E-state index in [0.717, 1.165) is 4.88 Å². The topological polar surface area (TPSA) is 83.0 Å². The van der Waals surface area contributed by atoms with Gasteiger partial charge in [-0.15, -0.1) is 35.3 Å². The van der Waals surface area contributed by atoms with Crippen LogP contribution in [-0.2, 0) is 21.3 Å². The van der Waals surface area contributed by atoms with Crippen LogP contribution in [0.5, 0.6) is 0 Å². The molecule has 1 rings (SSSR count). The fraction of sp³-hybridized carbons (Fsp3) is 0.615. The van der Waals surface area contributed by atoms with Crippen LogP contribution in [0.25, 0.3) is 0 Å². The molecule has 0 aliphatic carbocycles. The zero-order chi connectivity index (χ0) is 16.8. The van der Waals surface area contributed by atoms with Gasteiger partial charge in [0, 0.05) is 39.2 Å². The summed E-state index contributed by atoms with van der Waals surface area (Å²) in [6.45, 7) is 3.07. The Kier molecular flexibility index (Phi) is 10.2. The third kappa shape index (κ3) is 6.91. The molecule has 7 nitrogen and oxygen atoms in total. The second kappa shape index (κ2) is 10.4. The van der Waals surface area contributed by atoms with E-state index in [4.69, 9.17) is 4.74 Å². The maximum atomic E-state index is 12.0. The third-order valence-corrected chi connectivity index (χ3v) is 6.19. The van der Waals surface area contributed by atoms with E-state index in [-0.39, 0.29) is 30.0 Å². The maximum absolute atomic E-state index is 12.0. The average molecular weight is 476 g/mol. The van der Waals surface area contributed by atoms with Gasteiger partial charge in [-0.05, 0) is 19.1 Å². The number of nitrogens with zero attached hydrogens (tertiary/aromatic N) is 2. The zero-order valence-electron chi connectivity index (χ0n) is 14.0. The molecule has 0 fully saturated rings. The SMILES string of the molecule is CN=C(NCc1ccc(S(=O)(=O)N(C)C)s1)NC(C)COC.I. The summed E-state index contributed by atoms with van der Waals surface area (Å²) in [5, 5.41) is 6.34. The van der Waals surface area contributed by atoms with Gasteiger partial charge in [0.05, 0.1) is 13.2 Å². The van der Waals surface area contributed by atoms with E-state index < -0.39 is 10.0 Å². The van der Waals surface area contributed by atoms with Crippen molar-refractivity contribution in [3.05, 3.63) is 17.0 Å². The number of thiophene rings is 1. The second-order valence-electron chi connectivity index (χ2n) is 4.93. The van der Waals surface area contributed by atoms with Gasteiger partial charge in [0.1, 0.15) is 4.21 Å². The molecule has 1 aromatic rings. The molecule has 1 atom stereocenters. The summed E-state index contributed by atoms with van der Waals surface area (Å²) in [4.78, 5) is 5.05. The second-order valence-corrected chi connectivity index (χ2v) is 8.48. The van der Waals surface area contributed by atoms with Gasteiger partial charge in [-0.2, -0.15) is 0 Å². The van der Waals surface area contributed by atoms with Crippen LogP contribution in [0.3, 0.4) is 0 Å². The lowest BCUT2D eigenvalue weighted by Crippen LogP contribution is -2.43. The Hall–Kier alpha value is -0.430. The average Bonchev–Trinajstić information content (AvgIpc) is 2.93. The molecular weight excluding hydrogens is 451 g/mol. The van der Waals surface area contributed by atoms with Crippen molar-refractivity contribution in [1.29, 1.82) is 0 Å². The summed E-state index contributed by atoms with van der Waals surface area (Å²) in [6.07, 6.45) is 0. The molecule has 0 bridgehead atoms. The normalized spacial score (nSPS) is 13.6. The maximum Gasteiger partial charge on any atom is 0.252 e. The molecule has 0 radical (unpaired) electrons. The number of aliphatic imine (C=N–C) groups is 1. The van der Waals surface area contributed by atoms with Gasteiger partial charge >= 0.3 is 0 Å². The van der Waals surface area contributed by atoms with E-state index in [9.17, 15) is 8.42 Å². The number of guanidine groups is 1. The van der Waals surface area contributed by atoms with E-state index in [1.54, 1.807) is 26.3 Å². The van der Waals surface area contributed by atoms with E-state index in [1.165, 1.54) is 29.7 Å². The Bertz CT molecular complexity index is 602. The molecule has 1 aromatic heterocycles. The summed E-state index contributed by atoms with van der Waals surface area (Å²) in [5.74, 6) is 0.648. The highest BCUT2D eigenvalue weighted by Crippen LogP contribution is 2.23. The number of methoxy groups -OCH3 is 1. The molecule has 0 spiro atoms. The first-order chi connectivity index (χ1) is 10.3. The smallest absolute Gasteiger partial charge is 0.252 e. The Balaban J connectivity index is 0.00000484. The first kappa shape index (κ1) is 22.6. The predicted octanol–water partition coefficient (Wildman–Crippen LogP) is 1.32. The first-order valence-electron chi connectivity index (χ1n) is 6.78. The van der Waals surface area contributed by atoms with Crippen LogP contribution < -0.4 is 10.6 Å². The first-order valence-corrected chi connectivity index (χ1v) is 9.04. The van der Waals surface area contributed by atoms with E-state index >= 15 is 0 Å². The van der Waals surface area contributed by atoms with Gasteiger partial charge in [-0.3, -0.25) is 4.99 Å². The Morgan fingerprint density at radius 1 is 1.43 bits per heavy atom. The lowest BCUT2D eigenvalue weighted by atomic mass is 10.4. The van der Waals surface area contributed by atoms with Crippen molar-refractivity contribution in [1.82, 2.24) is 14.9 Å². The summed E-state index contributed by atoms with van der Waals surface area (Å²) in [7, 11) is 3.01. The number of halogens is 1. The molecule has 23 heavy (non-hydrogen) atoms. The van der Waals surface area contributed by atoms with Crippen molar-refractivity contribution in [2.75, 3.05) is 34.9 Å². The number of hydrogen-bond donors (Lipinski definition) is 2. The molecule has 0 aromatic carbocycles. The largest absolute Gasteiger partial charge is 0.383 e. The molecule has 0 aliphatic heterocycles. The standard InChI is InChI=1S/C13H24N4O3S2.HI/c1-10(9-20-5)16-13(14-2)15-8-11-6-7-12(21-11)22(18,19)17(3)4;/h6-7,10H,8-9H2,1-5H3,(H2,14,15,16);1H. The van der Waals surface area contributed by atoms with E-state index in [0.29, 0.717) is 23.3 Å². The minimum atomic E-state index is -3.36. The fourth-order valence-corrected chi connectivity index (χ4v) is 4.13. The van der Waals surface area contributed by atoms with Crippen LogP contribution in [-0.4, -0.2) is 59.6 Å². The monoisotopic (exact) mass is 476 g/mol. The molecule has 1 heterocycles. The van der Waals surface area contributed by atoms with Crippen LogP contribution >= 0.6 is 35.3 Å². The van der Waals surface area contributed by atoms with Crippen molar-refractivity contribution in [3.63, 3.8) is 0 Å². The van der Waals surface area contributed by atoms with Crippen LogP contribution in [0, 0.1) is 0 Å². The van der Waals surface area contributed by atoms with Crippen LogP contribution in [0.15, 0.2) is 21.3 Å². The highest BCUT2D eigenvalue weighted by Gasteiger charge is 2.19. The highest BCUT2D eigenvalue weighted by atomic mass is 127. The Morgan fingerprint density at radius 3 is 2.61 bits per heavy atom. The summed E-state index contributed by atoms with van der Waals surface area (Å²) in [6, 6.07) is 3.56. The van der Waals surface area contributed by atoms with Gasteiger partial charge in [-0.1, -0.05) is 0 Å². The van der Waals surface area contributed by atoms with Gasteiger partial charge < -0.3 is 15.4 Å². The highest BCUT2D eigenvalue weighted by molar-refractivity contribution is 14.0. The van der Waals surface area contributed by atoms with Crippen molar-refractivity contribution in [2.45, 2.75) is 23.7 Å². The molecule has 134 valence electrons. The van der Waals surface area contributed by atoms with Gasteiger partial charge in [0.2, 0.25) is 0 Å². The van der Waals surface area contributed by atoms with Gasteiger partial charge in [0.15, 0.2) is 5.96 Å².